The summed E-state index contributed by atoms with van der Waals surface area (Å²) in [6, 6.07) is 4.09. The highest BCUT2D eigenvalue weighted by molar-refractivity contribution is 5.55. The predicted octanol–water partition coefficient (Wildman–Crippen LogP) is 1.99. The third-order valence-corrected chi connectivity index (χ3v) is 2.41. The monoisotopic (exact) mass is 162 g/mol. The summed E-state index contributed by atoms with van der Waals surface area (Å²) < 4.78 is 0. The van der Waals surface area contributed by atoms with Crippen LogP contribution in [0.3, 0.4) is 0 Å². The molecule has 0 N–H and O–H groups in total. The van der Waals surface area contributed by atoms with Gasteiger partial charge in [-0.05, 0) is 32.4 Å². The molecule has 1 aliphatic rings. The van der Waals surface area contributed by atoms with Crippen molar-refractivity contribution >= 4 is 5.82 Å². The van der Waals surface area contributed by atoms with Gasteiger partial charge in [-0.25, -0.2) is 4.98 Å². The van der Waals surface area contributed by atoms with Crippen molar-refractivity contribution in [2.75, 3.05) is 11.4 Å². The maximum Gasteiger partial charge on any atom is 0.132 e. The zero-order chi connectivity index (χ0) is 8.77. The van der Waals surface area contributed by atoms with Crippen molar-refractivity contribution in [1.29, 1.82) is 0 Å². The standard InChI is InChI=1S/C10H14N2/c1-8-5-4-6-11-9(8)12-7-10(12,2)3/h4-6H,7H2,1-3H3. The first kappa shape index (κ1) is 7.59. The van der Waals surface area contributed by atoms with E-state index in [1.165, 1.54) is 5.56 Å². The van der Waals surface area contributed by atoms with Crippen LogP contribution >= 0.6 is 0 Å². The number of rotatable bonds is 1. The second kappa shape index (κ2) is 2.22. The fraction of sp³-hybridized carbons (Fsp3) is 0.500. The van der Waals surface area contributed by atoms with Gasteiger partial charge in [-0.3, -0.25) is 0 Å². The number of pyridine rings is 1. The fourth-order valence-corrected chi connectivity index (χ4v) is 1.47. The normalized spacial score (nSPS) is 19.4. The summed E-state index contributed by atoms with van der Waals surface area (Å²) >= 11 is 0. The Balaban J connectivity index is 2.31. The van der Waals surface area contributed by atoms with Gasteiger partial charge in [-0.2, -0.15) is 0 Å². The summed E-state index contributed by atoms with van der Waals surface area (Å²) in [6.45, 7) is 7.71. The summed E-state index contributed by atoms with van der Waals surface area (Å²) in [5.41, 5.74) is 1.60. The molecule has 0 unspecified atom stereocenters. The molecule has 1 aromatic heterocycles. The maximum atomic E-state index is 4.36. The lowest BCUT2D eigenvalue weighted by atomic mass is 10.2. The smallest absolute Gasteiger partial charge is 0.132 e. The van der Waals surface area contributed by atoms with Gasteiger partial charge in [-0.1, -0.05) is 6.07 Å². The molecule has 2 rings (SSSR count). The molecule has 2 nitrogen and oxygen atoms in total. The molecule has 0 atom stereocenters. The van der Waals surface area contributed by atoms with Crippen LogP contribution in [-0.4, -0.2) is 17.1 Å². The zero-order valence-electron chi connectivity index (χ0n) is 7.83. The lowest BCUT2D eigenvalue weighted by Crippen LogP contribution is -2.09. The SMILES string of the molecule is Cc1cccnc1N1CC1(C)C. The van der Waals surface area contributed by atoms with Crippen molar-refractivity contribution in [3.8, 4) is 0 Å². The number of hydrogen-bond donors (Lipinski definition) is 0. The molecule has 0 aliphatic carbocycles. The van der Waals surface area contributed by atoms with Gasteiger partial charge in [0.15, 0.2) is 0 Å². The van der Waals surface area contributed by atoms with Crippen molar-refractivity contribution in [3.63, 3.8) is 0 Å². The Morgan fingerprint density at radius 1 is 1.50 bits per heavy atom. The lowest BCUT2D eigenvalue weighted by Gasteiger charge is -2.09. The average Bonchev–Trinajstić information content (AvgIpc) is 2.61. The van der Waals surface area contributed by atoms with Crippen molar-refractivity contribution < 1.29 is 0 Å². The van der Waals surface area contributed by atoms with Gasteiger partial charge in [0, 0.05) is 12.7 Å². The average molecular weight is 162 g/mol. The summed E-state index contributed by atoms with van der Waals surface area (Å²) in [4.78, 5) is 6.68. The van der Waals surface area contributed by atoms with Crippen LogP contribution in [0.1, 0.15) is 19.4 Å². The van der Waals surface area contributed by atoms with Gasteiger partial charge >= 0.3 is 0 Å². The second-order valence-electron chi connectivity index (χ2n) is 4.04. The van der Waals surface area contributed by atoms with Crippen LogP contribution in [-0.2, 0) is 0 Å². The van der Waals surface area contributed by atoms with E-state index < -0.39 is 0 Å². The molecule has 0 bridgehead atoms. The minimum atomic E-state index is 0.332. The van der Waals surface area contributed by atoms with Crippen LogP contribution in [0.2, 0.25) is 0 Å². The molecular weight excluding hydrogens is 148 g/mol. The van der Waals surface area contributed by atoms with Crippen molar-refractivity contribution in [2.24, 2.45) is 0 Å². The largest absolute Gasteiger partial charge is 0.347 e. The molecule has 2 heterocycles. The summed E-state index contributed by atoms with van der Waals surface area (Å²) in [6.07, 6.45) is 1.86. The molecule has 0 aromatic carbocycles. The van der Waals surface area contributed by atoms with Crippen LogP contribution < -0.4 is 4.90 Å². The maximum absolute atomic E-state index is 4.36. The molecule has 0 radical (unpaired) electrons. The molecule has 2 heteroatoms. The Morgan fingerprint density at radius 3 is 2.67 bits per heavy atom. The van der Waals surface area contributed by atoms with Crippen molar-refractivity contribution in [1.82, 2.24) is 4.98 Å². The predicted molar refractivity (Wildman–Crippen MR) is 50.4 cm³/mol. The number of hydrogen-bond acceptors (Lipinski definition) is 2. The second-order valence-corrected chi connectivity index (χ2v) is 4.04. The Labute approximate surface area is 73.2 Å². The highest BCUT2D eigenvalue weighted by atomic mass is 15.4. The van der Waals surface area contributed by atoms with Gasteiger partial charge in [0.2, 0.25) is 0 Å². The molecule has 1 saturated heterocycles. The van der Waals surface area contributed by atoms with E-state index in [2.05, 4.69) is 36.7 Å². The first-order chi connectivity index (χ1) is 5.61. The Morgan fingerprint density at radius 2 is 2.17 bits per heavy atom. The van der Waals surface area contributed by atoms with Crippen LogP contribution in [0.25, 0.3) is 0 Å². The molecule has 1 fully saturated rings. The number of aromatic nitrogens is 1. The van der Waals surface area contributed by atoms with Crippen molar-refractivity contribution in [2.45, 2.75) is 26.3 Å². The molecule has 0 spiro atoms. The Kier molecular flexibility index (Phi) is 1.40. The van der Waals surface area contributed by atoms with Gasteiger partial charge in [-0.15, -0.1) is 0 Å². The molecule has 12 heavy (non-hydrogen) atoms. The van der Waals surface area contributed by atoms with E-state index in [9.17, 15) is 0 Å². The van der Waals surface area contributed by atoms with Crippen LogP contribution in [0.15, 0.2) is 18.3 Å². The van der Waals surface area contributed by atoms with E-state index in [1.807, 2.05) is 12.3 Å². The Bertz CT molecular complexity index is 304. The van der Waals surface area contributed by atoms with E-state index in [0.717, 1.165) is 12.4 Å². The minimum absolute atomic E-state index is 0.332. The highest BCUT2D eigenvalue weighted by Crippen LogP contribution is 2.36. The van der Waals surface area contributed by atoms with E-state index in [0.29, 0.717) is 5.54 Å². The van der Waals surface area contributed by atoms with Gasteiger partial charge in [0.1, 0.15) is 5.82 Å². The Hall–Kier alpha value is -1.05. The molecular formula is C10H14N2. The van der Waals surface area contributed by atoms with E-state index in [4.69, 9.17) is 0 Å². The van der Waals surface area contributed by atoms with Gasteiger partial charge in [0.05, 0.1) is 5.54 Å². The zero-order valence-corrected chi connectivity index (χ0v) is 7.83. The number of nitrogens with zero attached hydrogens (tertiary/aromatic N) is 2. The third kappa shape index (κ3) is 1.07. The summed E-state index contributed by atoms with van der Waals surface area (Å²) in [7, 11) is 0. The topological polar surface area (TPSA) is 15.9 Å². The first-order valence-corrected chi connectivity index (χ1v) is 4.30. The fourth-order valence-electron chi connectivity index (χ4n) is 1.47. The first-order valence-electron chi connectivity index (χ1n) is 4.30. The minimum Gasteiger partial charge on any atom is -0.347 e. The van der Waals surface area contributed by atoms with Crippen LogP contribution in [0, 0.1) is 6.92 Å². The number of anilines is 1. The number of aryl methyl sites for hydroxylation is 1. The van der Waals surface area contributed by atoms with E-state index in [-0.39, 0.29) is 0 Å². The van der Waals surface area contributed by atoms with Crippen LogP contribution in [0.4, 0.5) is 5.82 Å². The quantitative estimate of drug-likeness (QED) is 0.587. The van der Waals surface area contributed by atoms with Gasteiger partial charge in [0.25, 0.3) is 0 Å². The van der Waals surface area contributed by atoms with E-state index >= 15 is 0 Å². The summed E-state index contributed by atoms with van der Waals surface area (Å²) in [5.74, 6) is 1.14. The highest BCUT2D eigenvalue weighted by Gasteiger charge is 2.44. The van der Waals surface area contributed by atoms with Crippen LogP contribution in [0.5, 0.6) is 0 Å². The third-order valence-electron chi connectivity index (χ3n) is 2.41. The molecule has 0 amide bonds. The lowest BCUT2D eigenvalue weighted by molar-refractivity contribution is 0.812. The summed E-state index contributed by atoms with van der Waals surface area (Å²) in [5, 5.41) is 0. The van der Waals surface area contributed by atoms with Gasteiger partial charge < -0.3 is 4.90 Å². The molecule has 1 aromatic rings. The molecule has 1 aliphatic heterocycles. The van der Waals surface area contributed by atoms with Crippen molar-refractivity contribution in [3.05, 3.63) is 23.9 Å². The molecule has 64 valence electrons. The molecule has 0 saturated carbocycles. The van der Waals surface area contributed by atoms with E-state index in [1.54, 1.807) is 0 Å².